The van der Waals surface area contributed by atoms with E-state index in [1.165, 1.54) is 25.0 Å². The molecule has 1 saturated carbocycles. The lowest BCUT2D eigenvalue weighted by Crippen LogP contribution is -2.37. The summed E-state index contributed by atoms with van der Waals surface area (Å²) in [6.07, 6.45) is 4.09. The monoisotopic (exact) mass is 279 g/mol. The summed E-state index contributed by atoms with van der Waals surface area (Å²) in [5.74, 6) is -0.289. The average molecular weight is 279 g/mol. The molecular formula is C17H26FNO. The second-order valence-electron chi connectivity index (χ2n) is 6.89. The number of halogens is 1. The topological polar surface area (TPSA) is 23.5 Å². The molecule has 0 radical (unpaired) electrons. The van der Waals surface area contributed by atoms with Gasteiger partial charge in [0.15, 0.2) is 0 Å². The summed E-state index contributed by atoms with van der Waals surface area (Å²) in [7, 11) is 2.06. The van der Waals surface area contributed by atoms with E-state index in [0.717, 1.165) is 18.5 Å². The predicted octanol–water partition coefficient (Wildman–Crippen LogP) is 4.28. The molecule has 0 amide bonds. The van der Waals surface area contributed by atoms with Gasteiger partial charge in [-0.1, -0.05) is 13.8 Å². The van der Waals surface area contributed by atoms with Gasteiger partial charge in [-0.25, -0.2) is 4.39 Å². The van der Waals surface area contributed by atoms with Crippen molar-refractivity contribution in [1.82, 2.24) is 0 Å². The van der Waals surface area contributed by atoms with Gasteiger partial charge in [-0.05, 0) is 56.2 Å². The summed E-state index contributed by atoms with van der Waals surface area (Å²) in [5, 5.41) is 9.87. The summed E-state index contributed by atoms with van der Waals surface area (Å²) in [6, 6.07) is 5.19. The van der Waals surface area contributed by atoms with Crippen LogP contribution in [-0.4, -0.2) is 18.2 Å². The van der Waals surface area contributed by atoms with Crippen LogP contribution in [0.15, 0.2) is 18.2 Å². The molecule has 0 heterocycles. The van der Waals surface area contributed by atoms with Gasteiger partial charge in [0.05, 0.1) is 6.10 Å². The number of nitrogens with zero attached hydrogens (tertiary/aromatic N) is 1. The van der Waals surface area contributed by atoms with Gasteiger partial charge in [-0.3, -0.25) is 0 Å². The fraction of sp³-hybridized carbons (Fsp3) is 0.647. The van der Waals surface area contributed by atoms with Crippen molar-refractivity contribution in [2.45, 2.75) is 58.6 Å². The first kappa shape index (κ1) is 15.3. The molecule has 0 aromatic heterocycles. The van der Waals surface area contributed by atoms with E-state index >= 15 is 0 Å². The van der Waals surface area contributed by atoms with Crippen molar-refractivity contribution in [3.8, 4) is 0 Å². The lowest BCUT2D eigenvalue weighted by atomic mass is 9.75. The number of aliphatic hydroxyl groups is 1. The Hall–Kier alpha value is -1.09. The van der Waals surface area contributed by atoms with Crippen LogP contribution in [0.3, 0.4) is 0 Å². The molecule has 20 heavy (non-hydrogen) atoms. The highest BCUT2D eigenvalue weighted by Gasteiger charge is 2.29. The van der Waals surface area contributed by atoms with Crippen molar-refractivity contribution in [2.24, 2.45) is 5.41 Å². The van der Waals surface area contributed by atoms with Crippen LogP contribution in [-0.2, 0) is 0 Å². The number of hydrogen-bond acceptors (Lipinski definition) is 2. The maximum atomic E-state index is 13.4. The Labute approximate surface area is 121 Å². The number of rotatable bonds is 3. The lowest BCUT2D eigenvalue weighted by molar-refractivity contribution is 0.197. The van der Waals surface area contributed by atoms with Gasteiger partial charge in [-0.2, -0.15) is 0 Å². The minimum absolute atomic E-state index is 0.289. The van der Waals surface area contributed by atoms with Crippen molar-refractivity contribution in [3.05, 3.63) is 29.6 Å². The van der Waals surface area contributed by atoms with E-state index in [-0.39, 0.29) is 5.82 Å². The van der Waals surface area contributed by atoms with E-state index in [0.29, 0.717) is 17.0 Å². The molecule has 2 nitrogen and oxygen atoms in total. The number of hydrogen-bond donors (Lipinski definition) is 1. The van der Waals surface area contributed by atoms with E-state index in [2.05, 4.69) is 25.8 Å². The molecule has 112 valence electrons. The van der Waals surface area contributed by atoms with Gasteiger partial charge in [0.1, 0.15) is 5.82 Å². The first-order chi connectivity index (χ1) is 9.30. The maximum Gasteiger partial charge on any atom is 0.123 e. The summed E-state index contributed by atoms with van der Waals surface area (Å²) in [6.45, 7) is 6.33. The Bertz CT molecular complexity index is 460. The van der Waals surface area contributed by atoms with Crippen LogP contribution in [0.1, 0.15) is 58.1 Å². The molecule has 1 unspecified atom stereocenters. The van der Waals surface area contributed by atoms with Crippen LogP contribution in [0, 0.1) is 11.2 Å². The quantitative estimate of drug-likeness (QED) is 0.892. The summed E-state index contributed by atoms with van der Waals surface area (Å²) >= 11 is 0. The van der Waals surface area contributed by atoms with Gasteiger partial charge >= 0.3 is 0 Å². The van der Waals surface area contributed by atoms with Crippen molar-refractivity contribution in [1.29, 1.82) is 0 Å². The molecule has 0 aliphatic heterocycles. The molecule has 0 spiro atoms. The molecular weight excluding hydrogens is 253 g/mol. The minimum Gasteiger partial charge on any atom is -0.389 e. The first-order valence-electron chi connectivity index (χ1n) is 7.50. The second kappa shape index (κ2) is 5.72. The SMILES string of the molecule is CC(O)c1cc(F)ccc1N(C)C1CCC(C)(C)CC1. The Morgan fingerprint density at radius 2 is 1.90 bits per heavy atom. The molecule has 1 atom stereocenters. The Balaban J connectivity index is 2.19. The summed E-state index contributed by atoms with van der Waals surface area (Å²) in [4.78, 5) is 2.22. The van der Waals surface area contributed by atoms with E-state index in [4.69, 9.17) is 0 Å². The average Bonchev–Trinajstić information content (AvgIpc) is 2.37. The van der Waals surface area contributed by atoms with E-state index in [1.54, 1.807) is 13.0 Å². The highest BCUT2D eigenvalue weighted by Crippen LogP contribution is 2.38. The molecule has 3 heteroatoms. The van der Waals surface area contributed by atoms with Crippen LogP contribution in [0.25, 0.3) is 0 Å². The van der Waals surface area contributed by atoms with E-state index in [1.807, 2.05) is 0 Å². The molecule has 0 bridgehead atoms. The molecule has 1 aromatic rings. The Morgan fingerprint density at radius 1 is 1.30 bits per heavy atom. The Morgan fingerprint density at radius 3 is 2.45 bits per heavy atom. The van der Waals surface area contributed by atoms with Crippen LogP contribution in [0.4, 0.5) is 10.1 Å². The van der Waals surface area contributed by atoms with Crippen LogP contribution < -0.4 is 4.90 Å². The van der Waals surface area contributed by atoms with Crippen molar-refractivity contribution >= 4 is 5.69 Å². The van der Waals surface area contributed by atoms with E-state index in [9.17, 15) is 9.50 Å². The van der Waals surface area contributed by atoms with Gasteiger partial charge in [0, 0.05) is 24.3 Å². The molecule has 1 N–H and O–H groups in total. The highest BCUT2D eigenvalue weighted by molar-refractivity contribution is 5.55. The second-order valence-corrected chi connectivity index (χ2v) is 6.89. The van der Waals surface area contributed by atoms with Crippen molar-refractivity contribution in [2.75, 3.05) is 11.9 Å². The number of anilines is 1. The normalized spacial score (nSPS) is 20.7. The molecule has 1 fully saturated rings. The van der Waals surface area contributed by atoms with Gasteiger partial charge in [0.25, 0.3) is 0 Å². The number of benzene rings is 1. The standard InChI is InChI=1S/C17H26FNO/c1-12(20)15-11-13(18)5-6-16(15)19(4)14-7-9-17(2,3)10-8-14/h5-6,11-12,14,20H,7-10H2,1-4H3. The smallest absolute Gasteiger partial charge is 0.123 e. The minimum atomic E-state index is -0.650. The maximum absolute atomic E-state index is 13.4. The van der Waals surface area contributed by atoms with Crippen LogP contribution in [0.5, 0.6) is 0 Å². The predicted molar refractivity (Wildman–Crippen MR) is 81.5 cm³/mol. The molecule has 0 saturated heterocycles. The summed E-state index contributed by atoms with van der Waals surface area (Å²) < 4.78 is 13.4. The largest absolute Gasteiger partial charge is 0.389 e. The first-order valence-corrected chi connectivity index (χ1v) is 7.50. The van der Waals surface area contributed by atoms with Crippen molar-refractivity contribution in [3.63, 3.8) is 0 Å². The van der Waals surface area contributed by atoms with Gasteiger partial charge < -0.3 is 10.0 Å². The fourth-order valence-corrected chi connectivity index (χ4v) is 3.15. The third-order valence-corrected chi connectivity index (χ3v) is 4.68. The Kier molecular flexibility index (Phi) is 4.38. The molecule has 1 aliphatic rings. The van der Waals surface area contributed by atoms with Crippen LogP contribution in [0.2, 0.25) is 0 Å². The zero-order chi connectivity index (χ0) is 14.9. The number of aliphatic hydroxyl groups excluding tert-OH is 1. The van der Waals surface area contributed by atoms with Gasteiger partial charge in [-0.15, -0.1) is 0 Å². The van der Waals surface area contributed by atoms with Crippen molar-refractivity contribution < 1.29 is 9.50 Å². The summed E-state index contributed by atoms with van der Waals surface area (Å²) in [5.41, 5.74) is 2.07. The fourth-order valence-electron chi connectivity index (χ4n) is 3.15. The lowest BCUT2D eigenvalue weighted by Gasteiger charge is -2.40. The third kappa shape index (κ3) is 3.32. The highest BCUT2D eigenvalue weighted by atomic mass is 19.1. The molecule has 2 rings (SSSR count). The van der Waals surface area contributed by atoms with Gasteiger partial charge in [0.2, 0.25) is 0 Å². The zero-order valence-electron chi connectivity index (χ0n) is 13.0. The zero-order valence-corrected chi connectivity index (χ0v) is 13.0. The third-order valence-electron chi connectivity index (χ3n) is 4.68. The molecule has 1 aromatic carbocycles. The van der Waals surface area contributed by atoms with E-state index < -0.39 is 6.10 Å². The molecule has 1 aliphatic carbocycles. The van der Waals surface area contributed by atoms with Crippen LogP contribution >= 0.6 is 0 Å².